The van der Waals surface area contributed by atoms with Crippen molar-refractivity contribution >= 4 is 16.7 Å². The van der Waals surface area contributed by atoms with Crippen molar-refractivity contribution in [3.63, 3.8) is 0 Å². The van der Waals surface area contributed by atoms with Gasteiger partial charge in [-0.25, -0.2) is 9.97 Å². The Bertz CT molecular complexity index is 1030. The van der Waals surface area contributed by atoms with Crippen molar-refractivity contribution < 1.29 is 9.47 Å². The third kappa shape index (κ3) is 2.64. The van der Waals surface area contributed by atoms with Crippen LogP contribution in [0.15, 0.2) is 30.6 Å². The van der Waals surface area contributed by atoms with Gasteiger partial charge in [-0.15, -0.1) is 0 Å². The number of morpholine rings is 1. The lowest BCUT2D eigenvalue weighted by atomic mass is 10.1. The van der Waals surface area contributed by atoms with Crippen LogP contribution < -0.4 is 9.64 Å². The molecule has 7 nitrogen and oxygen atoms in total. The van der Waals surface area contributed by atoms with Crippen LogP contribution in [0.2, 0.25) is 0 Å². The molecule has 4 heterocycles. The number of benzene rings is 1. The Kier molecular flexibility index (Phi) is 3.44. The predicted molar refractivity (Wildman–Crippen MR) is 105 cm³/mol. The highest BCUT2D eigenvalue weighted by Crippen LogP contribution is 2.41. The highest BCUT2D eigenvalue weighted by molar-refractivity contribution is 5.93. The number of hydrogen-bond donors (Lipinski definition) is 1. The Morgan fingerprint density at radius 2 is 1.96 bits per heavy atom. The van der Waals surface area contributed by atoms with Gasteiger partial charge in [-0.3, -0.25) is 5.10 Å². The summed E-state index contributed by atoms with van der Waals surface area (Å²) in [6, 6.07) is 8.98. The molecule has 2 bridgehead atoms. The average molecular weight is 377 g/mol. The van der Waals surface area contributed by atoms with Crippen molar-refractivity contribution in [2.24, 2.45) is 0 Å². The van der Waals surface area contributed by atoms with Crippen LogP contribution in [0.3, 0.4) is 0 Å². The van der Waals surface area contributed by atoms with Gasteiger partial charge < -0.3 is 14.4 Å². The van der Waals surface area contributed by atoms with E-state index in [1.807, 2.05) is 12.1 Å². The van der Waals surface area contributed by atoms with E-state index in [1.54, 1.807) is 6.33 Å². The van der Waals surface area contributed by atoms with Gasteiger partial charge in [0.15, 0.2) is 0 Å². The minimum Gasteiger partial charge on any atom is -0.488 e. The molecule has 1 aliphatic carbocycles. The number of ether oxygens (including phenoxy) is 2. The molecule has 2 unspecified atom stereocenters. The molecule has 0 spiro atoms. The zero-order chi connectivity index (χ0) is 18.7. The second-order valence-electron chi connectivity index (χ2n) is 8.42. The third-order valence-electron chi connectivity index (χ3n) is 6.25. The molecule has 2 atom stereocenters. The summed E-state index contributed by atoms with van der Waals surface area (Å²) in [6.07, 6.45) is 6.19. The van der Waals surface area contributed by atoms with Crippen LogP contribution in [0.1, 0.15) is 32.6 Å². The highest BCUT2D eigenvalue weighted by atomic mass is 16.5. The fourth-order valence-electron chi connectivity index (χ4n) is 4.43. The smallest absolute Gasteiger partial charge is 0.133 e. The van der Waals surface area contributed by atoms with Crippen LogP contribution in [-0.2, 0) is 4.74 Å². The maximum absolute atomic E-state index is 6.14. The Morgan fingerprint density at radius 1 is 1.14 bits per heavy atom. The maximum Gasteiger partial charge on any atom is 0.133 e. The van der Waals surface area contributed by atoms with Crippen molar-refractivity contribution in [3.05, 3.63) is 30.6 Å². The van der Waals surface area contributed by atoms with E-state index in [1.165, 1.54) is 0 Å². The summed E-state index contributed by atoms with van der Waals surface area (Å²) in [6.45, 7) is 3.71. The number of nitrogens with one attached hydrogen (secondary N) is 1. The minimum absolute atomic E-state index is 0.00469. The lowest BCUT2D eigenvalue weighted by Crippen LogP contribution is -2.46. The number of hydrogen-bond acceptors (Lipinski definition) is 6. The summed E-state index contributed by atoms with van der Waals surface area (Å²) >= 11 is 0. The van der Waals surface area contributed by atoms with Crippen LogP contribution >= 0.6 is 0 Å². The van der Waals surface area contributed by atoms with Gasteiger partial charge >= 0.3 is 0 Å². The van der Waals surface area contributed by atoms with Crippen LogP contribution in [0.25, 0.3) is 22.3 Å². The topological polar surface area (TPSA) is 76.2 Å². The van der Waals surface area contributed by atoms with Crippen molar-refractivity contribution in [1.29, 1.82) is 0 Å². The number of nitrogens with zero attached hydrogens (tertiary/aromatic N) is 4. The van der Waals surface area contributed by atoms with E-state index in [4.69, 9.17) is 9.47 Å². The first-order valence-electron chi connectivity index (χ1n) is 10.0. The van der Waals surface area contributed by atoms with Crippen LogP contribution in [0.4, 0.5) is 5.82 Å². The molecule has 2 aliphatic heterocycles. The van der Waals surface area contributed by atoms with Crippen molar-refractivity contribution in [3.8, 4) is 17.1 Å². The number of aromatic nitrogens is 4. The zero-order valence-corrected chi connectivity index (χ0v) is 15.9. The molecule has 0 amide bonds. The van der Waals surface area contributed by atoms with Gasteiger partial charge in [-0.2, -0.15) is 5.10 Å². The molecule has 3 fully saturated rings. The van der Waals surface area contributed by atoms with E-state index in [9.17, 15) is 0 Å². The third-order valence-corrected chi connectivity index (χ3v) is 6.25. The molecule has 2 aromatic heterocycles. The van der Waals surface area contributed by atoms with E-state index in [2.05, 4.69) is 44.1 Å². The monoisotopic (exact) mass is 377 g/mol. The highest BCUT2D eigenvalue weighted by Gasteiger charge is 2.40. The number of rotatable bonds is 4. The first kappa shape index (κ1) is 16.3. The van der Waals surface area contributed by atoms with Gasteiger partial charge in [-0.1, -0.05) is 0 Å². The number of H-pyrrole nitrogens is 1. The number of aromatic amines is 1. The average Bonchev–Trinajstić information content (AvgIpc) is 3.18. The van der Waals surface area contributed by atoms with E-state index in [0.29, 0.717) is 12.1 Å². The largest absolute Gasteiger partial charge is 0.488 e. The lowest BCUT2D eigenvalue weighted by Gasteiger charge is -2.35. The first-order chi connectivity index (χ1) is 13.7. The second kappa shape index (κ2) is 5.91. The molecular weight excluding hydrogens is 354 g/mol. The minimum atomic E-state index is -0.00469. The Hall–Kier alpha value is -2.67. The van der Waals surface area contributed by atoms with Crippen molar-refractivity contribution in [2.75, 3.05) is 18.1 Å². The summed E-state index contributed by atoms with van der Waals surface area (Å²) in [5.41, 5.74) is 2.65. The second-order valence-corrected chi connectivity index (χ2v) is 8.42. The van der Waals surface area contributed by atoms with Crippen LogP contribution in [-0.4, -0.2) is 51.1 Å². The molecule has 6 rings (SSSR count). The molecule has 0 radical (unpaired) electrons. The first-order valence-corrected chi connectivity index (χ1v) is 10.0. The Labute approximate surface area is 163 Å². The van der Waals surface area contributed by atoms with E-state index in [-0.39, 0.29) is 5.60 Å². The fraction of sp³-hybridized carbons (Fsp3) is 0.476. The molecule has 7 heteroatoms. The van der Waals surface area contributed by atoms with Gasteiger partial charge in [-0.05, 0) is 50.8 Å². The van der Waals surface area contributed by atoms with Crippen LogP contribution in [0, 0.1) is 0 Å². The van der Waals surface area contributed by atoms with E-state index in [0.717, 1.165) is 72.8 Å². The number of fused-ring (bicyclic) bond motifs is 3. The van der Waals surface area contributed by atoms with Crippen LogP contribution in [0.5, 0.6) is 5.75 Å². The quantitative estimate of drug-likeness (QED) is 0.752. The zero-order valence-electron chi connectivity index (χ0n) is 15.9. The van der Waals surface area contributed by atoms with E-state index >= 15 is 0 Å². The Balaban J connectivity index is 1.38. The molecule has 1 N–H and O–H groups in total. The Morgan fingerprint density at radius 3 is 2.75 bits per heavy atom. The summed E-state index contributed by atoms with van der Waals surface area (Å²) in [7, 11) is 0. The lowest BCUT2D eigenvalue weighted by molar-refractivity contribution is 0.0902. The molecule has 2 saturated heterocycles. The number of anilines is 1. The molecule has 1 saturated carbocycles. The molecule has 3 aliphatic rings. The van der Waals surface area contributed by atoms with E-state index < -0.39 is 0 Å². The van der Waals surface area contributed by atoms with Gasteiger partial charge in [0, 0.05) is 11.5 Å². The van der Waals surface area contributed by atoms with Crippen molar-refractivity contribution in [2.45, 2.75) is 50.3 Å². The molecular formula is C21H23N5O2. The predicted octanol–water partition coefficient (Wildman–Crippen LogP) is 3.32. The van der Waals surface area contributed by atoms with Gasteiger partial charge in [0.1, 0.15) is 29.2 Å². The van der Waals surface area contributed by atoms with Gasteiger partial charge in [0.25, 0.3) is 0 Å². The fourth-order valence-corrected chi connectivity index (χ4v) is 4.43. The maximum atomic E-state index is 6.14. The summed E-state index contributed by atoms with van der Waals surface area (Å²) in [5.74, 6) is 1.85. The SMILES string of the molecule is CC1(Oc2ccc3[nH]nc(-c4cc(N5C6CCC5COC6)ncn4)c3c2)CC1. The normalized spacial score (nSPS) is 25.2. The summed E-state index contributed by atoms with van der Waals surface area (Å²) in [4.78, 5) is 11.5. The summed E-state index contributed by atoms with van der Waals surface area (Å²) in [5, 5.41) is 8.69. The molecule has 28 heavy (non-hydrogen) atoms. The van der Waals surface area contributed by atoms with Crippen molar-refractivity contribution in [1.82, 2.24) is 20.2 Å². The molecule has 144 valence electrons. The van der Waals surface area contributed by atoms with Gasteiger partial charge in [0.2, 0.25) is 0 Å². The molecule has 3 aromatic rings. The summed E-state index contributed by atoms with van der Waals surface area (Å²) < 4.78 is 11.8. The molecule has 1 aromatic carbocycles. The van der Waals surface area contributed by atoms with Gasteiger partial charge in [0.05, 0.1) is 36.5 Å². The standard InChI is InChI=1S/C21H23N5O2/c1-21(6-7-21)28-15-4-5-17-16(8-15)20(25-24-17)18-9-19(23-12-22-18)26-13-2-3-14(26)11-27-10-13/h4-5,8-9,12-14H,2-3,6-7,10-11H2,1H3,(H,24,25).